The van der Waals surface area contributed by atoms with Crippen molar-refractivity contribution in [3.63, 3.8) is 0 Å². The number of rotatable bonds is 5. The Hall–Kier alpha value is -2.99. The summed E-state index contributed by atoms with van der Waals surface area (Å²) >= 11 is 0. The zero-order chi connectivity index (χ0) is 18.6. The van der Waals surface area contributed by atoms with Gasteiger partial charge in [0.05, 0.1) is 6.04 Å². The molecule has 0 bridgehead atoms. The molecule has 1 aromatic heterocycles. The summed E-state index contributed by atoms with van der Waals surface area (Å²) in [4.78, 5) is 19.6. The lowest BCUT2D eigenvalue weighted by Crippen LogP contribution is -2.30. The van der Waals surface area contributed by atoms with Crippen molar-refractivity contribution in [2.75, 3.05) is 13.7 Å². The van der Waals surface area contributed by atoms with Gasteiger partial charge in [-0.25, -0.2) is 4.98 Å². The molecule has 138 valence electrons. The van der Waals surface area contributed by atoms with Crippen LogP contribution in [-0.4, -0.2) is 39.6 Å². The number of hydrogen-bond acceptors (Lipinski definition) is 4. The summed E-state index contributed by atoms with van der Waals surface area (Å²) in [5.74, 6) is 1.28. The highest BCUT2D eigenvalue weighted by molar-refractivity contribution is 5.95. The summed E-state index contributed by atoms with van der Waals surface area (Å²) in [5, 5.41) is 7.08. The minimum atomic E-state index is 0.0517. The van der Waals surface area contributed by atoms with E-state index in [1.165, 1.54) is 5.56 Å². The van der Waals surface area contributed by atoms with E-state index in [-0.39, 0.29) is 11.9 Å². The lowest BCUT2D eigenvalue weighted by Gasteiger charge is -2.25. The van der Waals surface area contributed by atoms with Gasteiger partial charge in [0.15, 0.2) is 11.6 Å². The van der Waals surface area contributed by atoms with Crippen molar-refractivity contribution in [2.24, 2.45) is 0 Å². The van der Waals surface area contributed by atoms with E-state index in [1.54, 1.807) is 7.11 Å². The van der Waals surface area contributed by atoms with Gasteiger partial charge >= 0.3 is 0 Å². The second-order valence-corrected chi connectivity index (χ2v) is 6.69. The number of H-pyrrole nitrogens is 1. The van der Waals surface area contributed by atoms with E-state index in [9.17, 15) is 4.79 Å². The van der Waals surface area contributed by atoms with Gasteiger partial charge in [-0.3, -0.25) is 9.89 Å². The Balaban J connectivity index is 1.58. The maximum atomic E-state index is 13.2. The van der Waals surface area contributed by atoms with Gasteiger partial charge in [-0.05, 0) is 30.5 Å². The summed E-state index contributed by atoms with van der Waals surface area (Å²) in [6.45, 7) is 1.15. The Bertz CT molecular complexity index is 923. The lowest BCUT2D eigenvalue weighted by molar-refractivity contribution is 0.0735. The van der Waals surface area contributed by atoms with E-state index in [1.807, 2.05) is 47.4 Å². The molecule has 1 aliphatic rings. The smallest absolute Gasteiger partial charge is 0.254 e. The summed E-state index contributed by atoms with van der Waals surface area (Å²) < 4.78 is 5.07. The van der Waals surface area contributed by atoms with Crippen LogP contribution in [-0.2, 0) is 11.3 Å². The van der Waals surface area contributed by atoms with Crippen molar-refractivity contribution in [3.05, 3.63) is 71.5 Å². The van der Waals surface area contributed by atoms with Crippen molar-refractivity contribution in [3.8, 4) is 11.4 Å². The van der Waals surface area contributed by atoms with Crippen LogP contribution in [0, 0.1) is 0 Å². The average Bonchev–Trinajstić information content (AvgIpc) is 3.38. The molecule has 1 aliphatic heterocycles. The quantitative estimate of drug-likeness (QED) is 0.753. The average molecular weight is 362 g/mol. The molecule has 2 aromatic carbocycles. The number of carbonyl (C=O) groups is 1. The first-order valence-electron chi connectivity index (χ1n) is 9.13. The molecule has 0 aliphatic carbocycles. The summed E-state index contributed by atoms with van der Waals surface area (Å²) in [7, 11) is 1.61. The van der Waals surface area contributed by atoms with Gasteiger partial charge in [0.2, 0.25) is 0 Å². The van der Waals surface area contributed by atoms with Crippen molar-refractivity contribution in [2.45, 2.75) is 25.5 Å². The number of carbonyl (C=O) groups excluding carboxylic acids is 1. The SMILES string of the molecule is COCc1nc(-c2cccc(C(=O)N3CCC[C@H]3c3ccccc3)c2)n[nH]1. The zero-order valence-electron chi connectivity index (χ0n) is 15.3. The first-order valence-corrected chi connectivity index (χ1v) is 9.13. The number of ether oxygens (including phenoxy) is 1. The molecule has 1 atom stereocenters. The normalized spacial score (nSPS) is 16.6. The monoisotopic (exact) mass is 362 g/mol. The molecular formula is C21H22N4O2. The molecule has 2 heterocycles. The second-order valence-electron chi connectivity index (χ2n) is 6.69. The molecule has 0 spiro atoms. The second kappa shape index (κ2) is 7.72. The molecule has 27 heavy (non-hydrogen) atoms. The molecule has 6 nitrogen and oxygen atoms in total. The van der Waals surface area contributed by atoms with Gasteiger partial charge in [-0.2, -0.15) is 5.10 Å². The fourth-order valence-corrected chi connectivity index (χ4v) is 3.61. The molecule has 0 radical (unpaired) electrons. The molecule has 4 rings (SSSR count). The third-order valence-corrected chi connectivity index (χ3v) is 4.88. The van der Waals surface area contributed by atoms with Crippen LogP contribution in [0.15, 0.2) is 54.6 Å². The number of methoxy groups -OCH3 is 1. The van der Waals surface area contributed by atoms with Crippen LogP contribution in [0.1, 0.15) is 40.6 Å². The van der Waals surface area contributed by atoms with Crippen LogP contribution in [0.5, 0.6) is 0 Å². The number of nitrogens with zero attached hydrogens (tertiary/aromatic N) is 3. The summed E-state index contributed by atoms with van der Waals surface area (Å²) in [5.41, 5.74) is 2.67. The van der Waals surface area contributed by atoms with Crippen LogP contribution in [0.4, 0.5) is 0 Å². The highest BCUT2D eigenvalue weighted by Gasteiger charge is 2.30. The largest absolute Gasteiger partial charge is 0.377 e. The van der Waals surface area contributed by atoms with E-state index in [2.05, 4.69) is 27.3 Å². The third kappa shape index (κ3) is 3.61. The van der Waals surface area contributed by atoms with Gasteiger partial charge in [-0.1, -0.05) is 42.5 Å². The molecule has 1 saturated heterocycles. The fraction of sp³-hybridized carbons (Fsp3) is 0.286. The van der Waals surface area contributed by atoms with E-state index >= 15 is 0 Å². The number of aromatic amines is 1. The van der Waals surface area contributed by atoms with Crippen LogP contribution < -0.4 is 0 Å². The van der Waals surface area contributed by atoms with E-state index in [4.69, 9.17) is 4.74 Å². The number of aromatic nitrogens is 3. The van der Waals surface area contributed by atoms with Crippen LogP contribution in [0.3, 0.4) is 0 Å². The van der Waals surface area contributed by atoms with Crippen LogP contribution >= 0.6 is 0 Å². The molecule has 1 fully saturated rings. The first-order chi connectivity index (χ1) is 13.3. The Morgan fingerprint density at radius 3 is 2.89 bits per heavy atom. The highest BCUT2D eigenvalue weighted by atomic mass is 16.5. The predicted molar refractivity (Wildman–Crippen MR) is 102 cm³/mol. The van der Waals surface area contributed by atoms with E-state index in [0.29, 0.717) is 23.8 Å². The molecule has 0 saturated carbocycles. The van der Waals surface area contributed by atoms with E-state index in [0.717, 1.165) is 24.9 Å². The predicted octanol–water partition coefficient (Wildman–Crippen LogP) is 3.60. The Morgan fingerprint density at radius 1 is 1.22 bits per heavy atom. The van der Waals surface area contributed by atoms with Gasteiger partial charge in [0.1, 0.15) is 6.61 Å². The number of amides is 1. The van der Waals surface area contributed by atoms with Crippen molar-refractivity contribution in [1.29, 1.82) is 0 Å². The van der Waals surface area contributed by atoms with E-state index < -0.39 is 0 Å². The summed E-state index contributed by atoms with van der Waals surface area (Å²) in [6.07, 6.45) is 2.02. The van der Waals surface area contributed by atoms with Gasteiger partial charge < -0.3 is 9.64 Å². The standard InChI is InChI=1S/C21H22N4O2/c1-27-14-19-22-20(24-23-19)16-9-5-10-17(13-16)21(26)25-12-6-11-18(25)15-7-3-2-4-8-15/h2-5,7-10,13,18H,6,11-12,14H2,1H3,(H,22,23,24)/t18-/m0/s1. The minimum Gasteiger partial charge on any atom is -0.377 e. The maximum absolute atomic E-state index is 13.2. The zero-order valence-corrected chi connectivity index (χ0v) is 15.3. The molecule has 6 heteroatoms. The number of likely N-dealkylation sites (tertiary alicyclic amines) is 1. The topological polar surface area (TPSA) is 71.1 Å². The molecule has 3 aromatic rings. The fourth-order valence-electron chi connectivity index (χ4n) is 3.61. The van der Waals surface area contributed by atoms with Crippen molar-refractivity contribution < 1.29 is 9.53 Å². The Kier molecular flexibility index (Phi) is 4.98. The first kappa shape index (κ1) is 17.4. The Morgan fingerprint density at radius 2 is 2.07 bits per heavy atom. The van der Waals surface area contributed by atoms with Gasteiger partial charge in [-0.15, -0.1) is 0 Å². The van der Waals surface area contributed by atoms with Gasteiger partial charge in [0.25, 0.3) is 5.91 Å². The van der Waals surface area contributed by atoms with Crippen LogP contribution in [0.2, 0.25) is 0 Å². The third-order valence-electron chi connectivity index (χ3n) is 4.88. The molecular weight excluding hydrogens is 340 g/mol. The number of hydrogen-bond donors (Lipinski definition) is 1. The van der Waals surface area contributed by atoms with Crippen molar-refractivity contribution in [1.82, 2.24) is 20.1 Å². The molecule has 1 N–H and O–H groups in total. The van der Waals surface area contributed by atoms with Crippen LogP contribution in [0.25, 0.3) is 11.4 Å². The molecule has 1 amide bonds. The van der Waals surface area contributed by atoms with Gasteiger partial charge in [0, 0.05) is 24.8 Å². The minimum absolute atomic E-state index is 0.0517. The summed E-state index contributed by atoms with van der Waals surface area (Å²) in [6, 6.07) is 17.9. The Labute approximate surface area is 158 Å². The number of nitrogens with one attached hydrogen (secondary N) is 1. The van der Waals surface area contributed by atoms with Crippen molar-refractivity contribution >= 4 is 5.91 Å². The highest BCUT2D eigenvalue weighted by Crippen LogP contribution is 2.33. The molecule has 0 unspecified atom stereocenters. The number of benzene rings is 2. The maximum Gasteiger partial charge on any atom is 0.254 e. The lowest BCUT2D eigenvalue weighted by atomic mass is 10.0.